The summed E-state index contributed by atoms with van der Waals surface area (Å²) in [6.45, 7) is 17.7. The van der Waals surface area contributed by atoms with E-state index in [0.29, 0.717) is 67.6 Å². The van der Waals surface area contributed by atoms with Gasteiger partial charge < -0.3 is 24.3 Å². The molecular formula is C42H57BN8O8S. The van der Waals surface area contributed by atoms with Gasteiger partial charge in [0, 0.05) is 48.9 Å². The molecule has 0 saturated carbocycles. The first-order chi connectivity index (χ1) is 28.3. The van der Waals surface area contributed by atoms with Crippen molar-refractivity contribution < 1.29 is 37.0 Å². The third-order valence-electron chi connectivity index (χ3n) is 12.1. The van der Waals surface area contributed by atoms with Crippen molar-refractivity contribution in [3.8, 4) is 23.1 Å². The zero-order chi connectivity index (χ0) is 43.9. The lowest BCUT2D eigenvalue weighted by atomic mass is 9.49. The van der Waals surface area contributed by atoms with Crippen molar-refractivity contribution in [3.63, 3.8) is 0 Å². The van der Waals surface area contributed by atoms with Crippen LogP contribution in [0.15, 0.2) is 55.2 Å². The Balaban J connectivity index is 1.07. The van der Waals surface area contributed by atoms with Gasteiger partial charge in [-0.05, 0) is 49.9 Å². The number of benzene rings is 1. The van der Waals surface area contributed by atoms with Crippen LogP contribution in [0.3, 0.4) is 0 Å². The smallest absolute Gasteiger partial charge is 0.420 e. The van der Waals surface area contributed by atoms with E-state index in [2.05, 4.69) is 26.5 Å². The molecule has 1 fully saturated rings. The van der Waals surface area contributed by atoms with Crippen LogP contribution in [0.1, 0.15) is 73.8 Å². The summed E-state index contributed by atoms with van der Waals surface area (Å²) in [6.07, 6.45) is 6.49. The molecule has 1 aliphatic heterocycles. The van der Waals surface area contributed by atoms with Crippen LogP contribution in [0.4, 0.5) is 4.79 Å². The first-order valence-electron chi connectivity index (χ1n) is 20.2. The standard InChI is InChI=1S/C42H57BN8O8S/c1-9-41(8,43)39(4,5)30(3)37(52)45-18-20-56-21-22-57-23-24-58-33-13-11-32(12-14-33)40(6,7)59-38(53)50-19-15-34-35(46-29-47-36(34)50)31-25-48-51(26-31)42(16-17-44)27-49(28-42)60(54,55)10-2/h11-15,19,25-26,29-30H,9-10,16,18,20-24,27-28H2,1-8H3,(H,45,52). The number of ether oxygens (including phenoxy) is 4. The maximum absolute atomic E-state index is 13.6. The van der Waals surface area contributed by atoms with E-state index < -0.39 is 32.6 Å². The number of carbonyl (C=O) groups is 2. The summed E-state index contributed by atoms with van der Waals surface area (Å²) in [5, 5.41) is 17.1. The first kappa shape index (κ1) is 46.2. The van der Waals surface area contributed by atoms with Crippen LogP contribution in [-0.4, -0.2) is 115 Å². The number of rotatable bonds is 21. The van der Waals surface area contributed by atoms with Crippen molar-refractivity contribution >= 4 is 40.9 Å². The number of carbonyl (C=O) groups excluding carboxylic acids is 2. The molecule has 1 amide bonds. The van der Waals surface area contributed by atoms with Crippen LogP contribution in [0.2, 0.25) is 5.31 Å². The van der Waals surface area contributed by atoms with Gasteiger partial charge in [0.05, 0.1) is 64.4 Å². The fourth-order valence-electron chi connectivity index (χ4n) is 7.00. The van der Waals surface area contributed by atoms with E-state index in [1.54, 1.807) is 62.2 Å². The molecule has 18 heteroatoms. The number of nitrogens with one attached hydrogen (secondary N) is 1. The molecule has 0 spiro atoms. The molecule has 2 atom stereocenters. The van der Waals surface area contributed by atoms with Gasteiger partial charge in [0.15, 0.2) is 5.65 Å². The summed E-state index contributed by atoms with van der Waals surface area (Å²) in [7, 11) is 3.06. The Labute approximate surface area is 354 Å². The summed E-state index contributed by atoms with van der Waals surface area (Å²) >= 11 is 0. The Bertz CT molecular complexity index is 2260. The lowest BCUT2D eigenvalue weighted by Crippen LogP contribution is -2.64. The lowest BCUT2D eigenvalue weighted by molar-refractivity contribution is -0.129. The molecule has 0 bridgehead atoms. The second-order valence-electron chi connectivity index (χ2n) is 16.5. The minimum absolute atomic E-state index is 0.0208. The number of sulfonamides is 1. The number of aromatic nitrogens is 5. The van der Waals surface area contributed by atoms with Gasteiger partial charge in [-0.25, -0.2) is 27.7 Å². The predicted molar refractivity (Wildman–Crippen MR) is 227 cm³/mol. The van der Waals surface area contributed by atoms with E-state index in [4.69, 9.17) is 26.8 Å². The Morgan fingerprint density at radius 1 is 1.00 bits per heavy atom. The molecule has 3 aromatic heterocycles. The molecule has 1 aromatic carbocycles. The third kappa shape index (κ3) is 10.0. The molecule has 1 aliphatic rings. The van der Waals surface area contributed by atoms with Crippen LogP contribution in [0, 0.1) is 22.7 Å². The van der Waals surface area contributed by atoms with E-state index >= 15 is 0 Å². The number of amides is 1. The fourth-order valence-corrected chi connectivity index (χ4v) is 8.24. The summed E-state index contributed by atoms with van der Waals surface area (Å²) in [5.74, 6) is 0.318. The van der Waals surface area contributed by atoms with Gasteiger partial charge in [-0.3, -0.25) is 9.48 Å². The Hall–Kier alpha value is -4.83. The van der Waals surface area contributed by atoms with Crippen LogP contribution in [-0.2, 0) is 40.2 Å². The SMILES string of the molecule is [B]C(C)(CC)C(C)(C)C(C)C(=O)NCCOCCOCCOc1ccc(C(C)(C)OC(=O)n2ccc3c(-c4cnn(C5(CC#N)CN(S(=O)(=O)CC)C5)c4)ncnc32)cc1. The van der Waals surface area contributed by atoms with Gasteiger partial charge in [0.25, 0.3) is 0 Å². The first-order valence-corrected chi connectivity index (χ1v) is 21.8. The predicted octanol–water partition coefficient (Wildman–Crippen LogP) is 5.44. The molecule has 2 unspecified atom stereocenters. The van der Waals surface area contributed by atoms with Crippen molar-refractivity contribution in [2.24, 2.45) is 11.3 Å². The summed E-state index contributed by atoms with van der Waals surface area (Å²) < 4.78 is 52.2. The van der Waals surface area contributed by atoms with Crippen molar-refractivity contribution in [1.82, 2.24) is 33.9 Å². The number of hydrogen-bond acceptors (Lipinski definition) is 12. The number of fused-ring (bicyclic) bond motifs is 1. The summed E-state index contributed by atoms with van der Waals surface area (Å²) in [5.41, 5.74) is 0.0560. The van der Waals surface area contributed by atoms with Crippen LogP contribution in [0.25, 0.3) is 22.3 Å². The van der Waals surface area contributed by atoms with Crippen molar-refractivity contribution in [2.75, 3.05) is 58.4 Å². The van der Waals surface area contributed by atoms with Gasteiger partial charge in [-0.15, -0.1) is 0 Å². The normalized spacial score (nSPS) is 16.1. The molecule has 0 aliphatic carbocycles. The minimum atomic E-state index is -3.40. The molecule has 60 heavy (non-hydrogen) atoms. The maximum Gasteiger partial charge on any atom is 0.420 e. The van der Waals surface area contributed by atoms with E-state index in [1.165, 1.54) is 15.2 Å². The monoisotopic (exact) mass is 844 g/mol. The van der Waals surface area contributed by atoms with Gasteiger partial charge in [-0.1, -0.05) is 58.5 Å². The Morgan fingerprint density at radius 2 is 1.67 bits per heavy atom. The van der Waals surface area contributed by atoms with E-state index in [-0.39, 0.29) is 42.5 Å². The number of hydrogen-bond donors (Lipinski definition) is 1. The Morgan fingerprint density at radius 3 is 2.32 bits per heavy atom. The van der Waals surface area contributed by atoms with Crippen molar-refractivity contribution in [1.29, 1.82) is 5.26 Å². The highest BCUT2D eigenvalue weighted by Crippen LogP contribution is 2.50. The average Bonchev–Trinajstić information content (AvgIpc) is 3.88. The lowest BCUT2D eigenvalue weighted by Gasteiger charge is -2.47. The minimum Gasteiger partial charge on any atom is -0.491 e. The van der Waals surface area contributed by atoms with Gasteiger partial charge in [0.1, 0.15) is 29.8 Å². The van der Waals surface area contributed by atoms with Crippen LogP contribution < -0.4 is 10.1 Å². The number of nitrogens with zero attached hydrogens (tertiary/aromatic N) is 7. The quantitative estimate of drug-likeness (QED) is 0.0827. The topological polar surface area (TPSA) is 193 Å². The Kier molecular flexibility index (Phi) is 14.5. The maximum atomic E-state index is 13.6. The molecule has 16 nitrogen and oxygen atoms in total. The van der Waals surface area contributed by atoms with E-state index in [9.17, 15) is 23.3 Å². The fraction of sp³-hybridized carbons (Fsp3) is 0.571. The second kappa shape index (κ2) is 18.8. The van der Waals surface area contributed by atoms with Gasteiger partial charge >= 0.3 is 6.09 Å². The highest BCUT2D eigenvalue weighted by atomic mass is 32.2. The molecule has 1 N–H and O–H groups in total. The molecule has 322 valence electrons. The number of nitriles is 1. The third-order valence-corrected chi connectivity index (χ3v) is 13.9. The van der Waals surface area contributed by atoms with Crippen LogP contribution in [0.5, 0.6) is 5.75 Å². The van der Waals surface area contributed by atoms with Crippen molar-refractivity contribution in [3.05, 3.63) is 60.8 Å². The van der Waals surface area contributed by atoms with Crippen molar-refractivity contribution in [2.45, 2.75) is 84.7 Å². The van der Waals surface area contributed by atoms with E-state index in [1.807, 2.05) is 46.8 Å². The highest BCUT2D eigenvalue weighted by molar-refractivity contribution is 7.89. The zero-order valence-corrected chi connectivity index (χ0v) is 36.8. The van der Waals surface area contributed by atoms with Gasteiger partial charge in [0.2, 0.25) is 15.9 Å². The molecular weight excluding hydrogens is 787 g/mol. The summed E-state index contributed by atoms with van der Waals surface area (Å²) in [4.78, 5) is 35.1. The zero-order valence-electron chi connectivity index (χ0n) is 35.9. The van der Waals surface area contributed by atoms with Crippen LogP contribution >= 0.6 is 0 Å². The summed E-state index contributed by atoms with van der Waals surface area (Å²) in [6, 6.07) is 11.2. The highest BCUT2D eigenvalue weighted by Gasteiger charge is 2.50. The molecule has 1 saturated heterocycles. The average molecular weight is 845 g/mol. The molecule has 4 heterocycles. The van der Waals surface area contributed by atoms with E-state index in [0.717, 1.165) is 12.0 Å². The molecule has 4 aromatic rings. The molecule has 5 rings (SSSR count). The second-order valence-corrected chi connectivity index (χ2v) is 18.8. The molecule has 2 radical (unpaired) electrons. The largest absolute Gasteiger partial charge is 0.491 e. The van der Waals surface area contributed by atoms with Gasteiger partial charge in [-0.2, -0.15) is 14.7 Å².